The fourth-order valence-corrected chi connectivity index (χ4v) is 3.67. The molecule has 0 spiro atoms. The molecule has 132 valence electrons. The SMILES string of the molecule is CN(Cc1noc(C2CCCC2)n1)C(=O)c1ccc2c(c1)CCCO2. The summed E-state index contributed by atoms with van der Waals surface area (Å²) in [6.45, 7) is 1.10. The van der Waals surface area contributed by atoms with Gasteiger partial charge in [-0.15, -0.1) is 0 Å². The summed E-state index contributed by atoms with van der Waals surface area (Å²) in [6.07, 6.45) is 6.63. The third-order valence-electron chi connectivity index (χ3n) is 5.07. The number of aryl methyl sites for hydroxylation is 1. The van der Waals surface area contributed by atoms with Crippen LogP contribution in [0.3, 0.4) is 0 Å². The number of rotatable bonds is 4. The van der Waals surface area contributed by atoms with E-state index in [-0.39, 0.29) is 5.91 Å². The Morgan fingerprint density at radius 1 is 1.28 bits per heavy atom. The minimum absolute atomic E-state index is 0.0411. The first-order chi connectivity index (χ1) is 12.2. The Morgan fingerprint density at radius 2 is 2.12 bits per heavy atom. The maximum atomic E-state index is 12.7. The molecule has 0 unspecified atom stereocenters. The summed E-state index contributed by atoms with van der Waals surface area (Å²) < 4.78 is 11.0. The molecule has 1 aliphatic heterocycles. The van der Waals surface area contributed by atoms with Gasteiger partial charge < -0.3 is 14.2 Å². The summed E-state index contributed by atoms with van der Waals surface area (Å²) in [5.41, 5.74) is 1.78. The Kier molecular flexibility index (Phi) is 4.42. The fourth-order valence-electron chi connectivity index (χ4n) is 3.67. The highest BCUT2D eigenvalue weighted by Gasteiger charge is 2.24. The summed E-state index contributed by atoms with van der Waals surface area (Å²) >= 11 is 0. The predicted octanol–water partition coefficient (Wildman–Crippen LogP) is 3.32. The van der Waals surface area contributed by atoms with Gasteiger partial charge in [0, 0.05) is 18.5 Å². The van der Waals surface area contributed by atoms with Crippen molar-refractivity contribution in [2.75, 3.05) is 13.7 Å². The number of nitrogens with zero attached hydrogens (tertiary/aromatic N) is 3. The van der Waals surface area contributed by atoms with Crippen LogP contribution in [0.5, 0.6) is 5.75 Å². The topological polar surface area (TPSA) is 68.5 Å². The molecule has 6 nitrogen and oxygen atoms in total. The summed E-state index contributed by atoms with van der Waals surface area (Å²) in [5, 5.41) is 4.05. The van der Waals surface area contributed by atoms with E-state index in [1.54, 1.807) is 11.9 Å². The fraction of sp³-hybridized carbons (Fsp3) is 0.526. The number of hydrogen-bond acceptors (Lipinski definition) is 5. The third kappa shape index (κ3) is 3.38. The van der Waals surface area contributed by atoms with Crippen LogP contribution in [0.25, 0.3) is 0 Å². The number of carbonyl (C=O) groups excluding carboxylic acids is 1. The Labute approximate surface area is 147 Å². The van der Waals surface area contributed by atoms with Gasteiger partial charge in [-0.2, -0.15) is 4.98 Å². The number of hydrogen-bond donors (Lipinski definition) is 0. The Hall–Kier alpha value is -2.37. The zero-order valence-corrected chi connectivity index (χ0v) is 14.5. The number of ether oxygens (including phenoxy) is 1. The van der Waals surface area contributed by atoms with Crippen molar-refractivity contribution in [3.63, 3.8) is 0 Å². The quantitative estimate of drug-likeness (QED) is 0.853. The van der Waals surface area contributed by atoms with Gasteiger partial charge in [0.1, 0.15) is 5.75 Å². The molecule has 2 heterocycles. The highest BCUT2D eigenvalue weighted by molar-refractivity contribution is 5.94. The predicted molar refractivity (Wildman–Crippen MR) is 91.6 cm³/mol. The standard InChI is InChI=1S/C19H23N3O3/c1-22(12-17-20-18(25-21-17)13-5-2-3-6-13)19(23)15-8-9-16-14(11-15)7-4-10-24-16/h8-9,11,13H,2-7,10,12H2,1H3. The first-order valence-electron chi connectivity index (χ1n) is 9.04. The summed E-state index contributed by atoms with van der Waals surface area (Å²) in [6, 6.07) is 5.65. The monoisotopic (exact) mass is 341 g/mol. The molecule has 0 bridgehead atoms. The van der Waals surface area contributed by atoms with Crippen LogP contribution in [0.15, 0.2) is 22.7 Å². The van der Waals surface area contributed by atoms with Gasteiger partial charge >= 0.3 is 0 Å². The number of aromatic nitrogens is 2. The van der Waals surface area contributed by atoms with Crippen molar-refractivity contribution in [2.24, 2.45) is 0 Å². The van der Waals surface area contributed by atoms with E-state index >= 15 is 0 Å². The molecule has 4 rings (SSSR count). The van der Waals surface area contributed by atoms with Crippen molar-refractivity contribution in [3.8, 4) is 5.75 Å². The first kappa shape index (κ1) is 16.1. The van der Waals surface area contributed by atoms with Crippen LogP contribution in [0.1, 0.15) is 65.7 Å². The summed E-state index contributed by atoms with van der Waals surface area (Å²) in [5.74, 6) is 2.53. The van der Waals surface area contributed by atoms with Crippen LogP contribution < -0.4 is 4.74 Å². The van der Waals surface area contributed by atoms with Crippen LogP contribution in [0.2, 0.25) is 0 Å². The van der Waals surface area contributed by atoms with Crippen LogP contribution in [0.4, 0.5) is 0 Å². The van der Waals surface area contributed by atoms with E-state index in [1.165, 1.54) is 12.8 Å². The van der Waals surface area contributed by atoms with E-state index in [0.717, 1.165) is 49.5 Å². The van der Waals surface area contributed by atoms with E-state index < -0.39 is 0 Å². The second kappa shape index (κ2) is 6.86. The van der Waals surface area contributed by atoms with Crippen molar-refractivity contribution >= 4 is 5.91 Å². The van der Waals surface area contributed by atoms with Gasteiger partial charge in [-0.05, 0) is 49.4 Å². The maximum Gasteiger partial charge on any atom is 0.254 e. The average molecular weight is 341 g/mol. The molecule has 2 aromatic rings. The van der Waals surface area contributed by atoms with Gasteiger partial charge in [0.05, 0.1) is 13.2 Å². The lowest BCUT2D eigenvalue weighted by atomic mass is 10.0. The maximum absolute atomic E-state index is 12.7. The second-order valence-corrected chi connectivity index (χ2v) is 6.97. The minimum Gasteiger partial charge on any atom is -0.493 e. The normalized spacial score (nSPS) is 17.2. The zero-order chi connectivity index (χ0) is 17.2. The van der Waals surface area contributed by atoms with Gasteiger partial charge in [-0.3, -0.25) is 4.79 Å². The molecule has 25 heavy (non-hydrogen) atoms. The molecule has 0 N–H and O–H groups in total. The molecule has 0 radical (unpaired) electrons. The molecule has 1 fully saturated rings. The minimum atomic E-state index is -0.0411. The summed E-state index contributed by atoms with van der Waals surface area (Å²) in [4.78, 5) is 18.8. The van der Waals surface area contributed by atoms with Crippen molar-refractivity contribution in [3.05, 3.63) is 41.0 Å². The van der Waals surface area contributed by atoms with Gasteiger partial charge in [-0.25, -0.2) is 0 Å². The van der Waals surface area contributed by atoms with E-state index in [2.05, 4.69) is 10.1 Å². The molecule has 1 saturated carbocycles. The van der Waals surface area contributed by atoms with E-state index in [0.29, 0.717) is 23.9 Å². The van der Waals surface area contributed by atoms with Crippen molar-refractivity contribution in [1.82, 2.24) is 15.0 Å². The molecule has 1 amide bonds. The highest BCUT2D eigenvalue weighted by Crippen LogP contribution is 2.33. The van der Waals surface area contributed by atoms with Crippen molar-refractivity contribution in [1.29, 1.82) is 0 Å². The smallest absolute Gasteiger partial charge is 0.254 e. The van der Waals surface area contributed by atoms with Crippen molar-refractivity contribution < 1.29 is 14.1 Å². The Bertz CT molecular complexity index is 765. The lowest BCUT2D eigenvalue weighted by Gasteiger charge is -2.19. The van der Waals surface area contributed by atoms with E-state index in [1.807, 2.05) is 18.2 Å². The van der Waals surface area contributed by atoms with E-state index in [9.17, 15) is 4.79 Å². The third-order valence-corrected chi connectivity index (χ3v) is 5.07. The van der Waals surface area contributed by atoms with Crippen LogP contribution in [0, 0.1) is 0 Å². The van der Waals surface area contributed by atoms with Crippen LogP contribution in [-0.4, -0.2) is 34.6 Å². The molecular formula is C19H23N3O3. The highest BCUT2D eigenvalue weighted by atomic mass is 16.5. The zero-order valence-electron chi connectivity index (χ0n) is 14.5. The van der Waals surface area contributed by atoms with Gasteiger partial charge in [-0.1, -0.05) is 18.0 Å². The molecule has 1 aromatic carbocycles. The number of carbonyl (C=O) groups is 1. The molecule has 1 aromatic heterocycles. The largest absolute Gasteiger partial charge is 0.493 e. The number of benzene rings is 1. The molecule has 0 saturated heterocycles. The second-order valence-electron chi connectivity index (χ2n) is 6.97. The van der Waals surface area contributed by atoms with Crippen LogP contribution >= 0.6 is 0 Å². The van der Waals surface area contributed by atoms with Gasteiger partial charge in [0.15, 0.2) is 5.82 Å². The molecule has 1 aliphatic carbocycles. The Morgan fingerprint density at radius 3 is 2.96 bits per heavy atom. The first-order valence-corrected chi connectivity index (χ1v) is 9.04. The lowest BCUT2D eigenvalue weighted by molar-refractivity contribution is 0.0780. The number of amides is 1. The molecular weight excluding hydrogens is 318 g/mol. The lowest BCUT2D eigenvalue weighted by Crippen LogP contribution is -2.27. The van der Waals surface area contributed by atoms with Crippen LogP contribution in [-0.2, 0) is 13.0 Å². The van der Waals surface area contributed by atoms with Crippen molar-refractivity contribution in [2.45, 2.75) is 51.0 Å². The average Bonchev–Trinajstić information content (AvgIpc) is 3.32. The summed E-state index contributed by atoms with van der Waals surface area (Å²) in [7, 11) is 1.77. The van der Waals surface area contributed by atoms with Gasteiger partial charge in [0.25, 0.3) is 5.91 Å². The molecule has 6 heteroatoms. The van der Waals surface area contributed by atoms with E-state index in [4.69, 9.17) is 9.26 Å². The molecule has 0 atom stereocenters. The Balaban J connectivity index is 1.43. The number of fused-ring (bicyclic) bond motifs is 1. The molecule has 2 aliphatic rings. The van der Waals surface area contributed by atoms with Gasteiger partial charge in [0.2, 0.25) is 5.89 Å².